The largest absolute Gasteiger partial charge is 0.376 e. The Kier molecular flexibility index (Phi) is 5.73. The van der Waals surface area contributed by atoms with Crippen molar-refractivity contribution in [2.75, 3.05) is 26.9 Å². The number of thiazole rings is 1. The molecule has 1 amide bonds. The smallest absolute Gasteiger partial charge is 0.251 e. The van der Waals surface area contributed by atoms with Crippen LogP contribution < -0.4 is 5.32 Å². The van der Waals surface area contributed by atoms with E-state index in [2.05, 4.69) is 5.32 Å². The number of imidazole rings is 1. The van der Waals surface area contributed by atoms with Crippen LogP contribution in [0.4, 0.5) is 0 Å². The maximum absolute atomic E-state index is 12.7. The monoisotopic (exact) mass is 449 g/mol. The van der Waals surface area contributed by atoms with Crippen molar-refractivity contribution in [3.8, 4) is 11.3 Å². The number of fused-ring (bicyclic) bond motifs is 3. The van der Waals surface area contributed by atoms with Crippen molar-refractivity contribution in [1.29, 1.82) is 0 Å². The first-order chi connectivity index (χ1) is 15.6. The lowest BCUT2D eigenvalue weighted by molar-refractivity contribution is -0.0902. The first-order valence-electron chi connectivity index (χ1n) is 10.6. The van der Waals surface area contributed by atoms with E-state index in [9.17, 15) is 9.59 Å². The molecule has 1 unspecified atom stereocenters. The van der Waals surface area contributed by atoms with E-state index in [4.69, 9.17) is 14.5 Å². The van der Waals surface area contributed by atoms with Crippen LogP contribution in [0.1, 0.15) is 33.6 Å². The number of nitrogens with zero attached hydrogens (tertiary/aromatic N) is 2. The van der Waals surface area contributed by atoms with Crippen LogP contribution >= 0.6 is 11.3 Å². The summed E-state index contributed by atoms with van der Waals surface area (Å²) in [6.07, 6.45) is 3.11. The lowest BCUT2D eigenvalue weighted by atomic mass is 10.0. The zero-order valence-corrected chi connectivity index (χ0v) is 18.5. The number of ketones is 1. The van der Waals surface area contributed by atoms with Crippen LogP contribution in [0.3, 0.4) is 0 Å². The van der Waals surface area contributed by atoms with Gasteiger partial charge in [0.25, 0.3) is 5.91 Å². The molecule has 2 aromatic heterocycles. The van der Waals surface area contributed by atoms with Crippen LogP contribution in [0.25, 0.3) is 26.4 Å². The molecule has 0 radical (unpaired) electrons. The predicted octanol–water partition coefficient (Wildman–Crippen LogP) is 3.95. The Hall–Kier alpha value is -3.07. The van der Waals surface area contributed by atoms with Crippen molar-refractivity contribution in [1.82, 2.24) is 14.7 Å². The maximum Gasteiger partial charge on any atom is 0.251 e. The summed E-state index contributed by atoms with van der Waals surface area (Å²) in [5.41, 5.74) is 4.14. The topological polar surface area (TPSA) is 81.9 Å². The Labute approximate surface area is 189 Å². The average molecular weight is 450 g/mol. The zero-order chi connectivity index (χ0) is 22.1. The van der Waals surface area contributed by atoms with Crippen LogP contribution in [-0.4, -0.2) is 54.0 Å². The van der Waals surface area contributed by atoms with Gasteiger partial charge in [0.2, 0.25) is 0 Å². The quantitative estimate of drug-likeness (QED) is 0.451. The van der Waals surface area contributed by atoms with Crippen LogP contribution in [0.2, 0.25) is 0 Å². The first-order valence-corrected chi connectivity index (χ1v) is 11.4. The minimum Gasteiger partial charge on any atom is -0.376 e. The summed E-state index contributed by atoms with van der Waals surface area (Å²) >= 11 is 1.56. The number of hydrogen-bond donors (Lipinski definition) is 1. The molecule has 1 N–H and O–H groups in total. The Morgan fingerprint density at radius 2 is 1.97 bits per heavy atom. The molecular weight excluding hydrogens is 426 g/mol. The summed E-state index contributed by atoms with van der Waals surface area (Å²) in [5, 5.41) is 2.62. The zero-order valence-electron chi connectivity index (χ0n) is 17.7. The van der Waals surface area contributed by atoms with E-state index >= 15 is 0 Å². The summed E-state index contributed by atoms with van der Waals surface area (Å²) < 4.78 is 14.1. The molecule has 1 atom stereocenters. The summed E-state index contributed by atoms with van der Waals surface area (Å²) in [6.45, 7) is 1.79. The molecule has 1 aliphatic rings. The molecule has 0 saturated carbocycles. The van der Waals surface area contributed by atoms with Crippen LogP contribution in [0.5, 0.6) is 0 Å². The standard InChI is InChI=1S/C24H23N3O4S/c1-25-23(29)16-4-2-15(3-5-16)19-13-27-20-8-6-17(12-22(20)32-24(27)26-19)21(28)9-7-18-14-30-10-11-31-18/h2-6,8,12-13,18H,7,9-11,14H2,1H3,(H,25,29). The second-order valence-corrected chi connectivity index (χ2v) is 8.76. The summed E-state index contributed by atoms with van der Waals surface area (Å²) in [6, 6.07) is 13.2. The molecule has 7 nitrogen and oxygen atoms in total. The fraction of sp³-hybridized carbons (Fsp3) is 0.292. The highest BCUT2D eigenvalue weighted by Gasteiger charge is 2.18. The summed E-state index contributed by atoms with van der Waals surface area (Å²) in [7, 11) is 1.62. The minimum absolute atomic E-state index is 0.00491. The fourth-order valence-corrected chi connectivity index (χ4v) is 4.94. The van der Waals surface area contributed by atoms with Gasteiger partial charge in [-0.3, -0.25) is 14.0 Å². The lowest BCUT2D eigenvalue weighted by Gasteiger charge is -2.22. The SMILES string of the molecule is CNC(=O)c1ccc(-c2cn3c(n2)sc2cc(C(=O)CCC4COCCO4)ccc23)cc1. The molecule has 164 valence electrons. The van der Waals surface area contributed by atoms with Gasteiger partial charge >= 0.3 is 0 Å². The number of carbonyl (C=O) groups is 2. The number of amides is 1. The third-order valence-electron chi connectivity index (χ3n) is 5.66. The molecular formula is C24H23N3O4S. The second-order valence-electron chi connectivity index (χ2n) is 7.75. The Morgan fingerprint density at radius 3 is 2.72 bits per heavy atom. The van der Waals surface area contributed by atoms with E-state index in [0.717, 1.165) is 26.4 Å². The third kappa shape index (κ3) is 4.04. The molecule has 1 aliphatic heterocycles. The number of Topliss-reactive ketones (excluding diaryl/α,β-unsaturated/α-hetero) is 1. The van der Waals surface area contributed by atoms with Crippen molar-refractivity contribution >= 4 is 38.2 Å². The molecule has 32 heavy (non-hydrogen) atoms. The molecule has 5 rings (SSSR count). The molecule has 0 aliphatic carbocycles. The summed E-state index contributed by atoms with van der Waals surface area (Å²) in [4.78, 5) is 30.0. The van der Waals surface area contributed by atoms with Gasteiger partial charge in [-0.15, -0.1) is 0 Å². The van der Waals surface area contributed by atoms with Gasteiger partial charge in [-0.25, -0.2) is 4.98 Å². The molecule has 4 aromatic rings. The van der Waals surface area contributed by atoms with E-state index in [1.807, 2.05) is 40.9 Å². The average Bonchev–Trinajstić information content (AvgIpc) is 3.40. The fourth-order valence-electron chi connectivity index (χ4n) is 3.89. The normalized spacial score (nSPS) is 16.5. The lowest BCUT2D eigenvalue weighted by Crippen LogP contribution is -2.29. The van der Waals surface area contributed by atoms with Crippen LogP contribution in [-0.2, 0) is 9.47 Å². The second kappa shape index (κ2) is 8.82. The number of benzene rings is 2. The van der Waals surface area contributed by atoms with Crippen molar-refractivity contribution < 1.29 is 19.1 Å². The van der Waals surface area contributed by atoms with Gasteiger partial charge in [0, 0.05) is 36.4 Å². The maximum atomic E-state index is 12.7. The van der Waals surface area contributed by atoms with E-state index in [1.54, 1.807) is 30.5 Å². The number of nitrogens with one attached hydrogen (secondary N) is 1. The van der Waals surface area contributed by atoms with Gasteiger partial charge < -0.3 is 14.8 Å². The van der Waals surface area contributed by atoms with E-state index in [1.165, 1.54) is 0 Å². The third-order valence-corrected chi connectivity index (χ3v) is 6.68. The molecule has 1 saturated heterocycles. The van der Waals surface area contributed by atoms with E-state index < -0.39 is 0 Å². The Morgan fingerprint density at radius 1 is 1.16 bits per heavy atom. The molecule has 8 heteroatoms. The molecule has 0 spiro atoms. The van der Waals surface area contributed by atoms with E-state index in [0.29, 0.717) is 43.8 Å². The summed E-state index contributed by atoms with van der Waals surface area (Å²) in [5.74, 6) is 0.00216. The molecule has 3 heterocycles. The van der Waals surface area contributed by atoms with Crippen molar-refractivity contribution in [2.24, 2.45) is 0 Å². The number of aromatic nitrogens is 2. The minimum atomic E-state index is -0.113. The van der Waals surface area contributed by atoms with Crippen molar-refractivity contribution in [3.63, 3.8) is 0 Å². The number of rotatable bonds is 6. The van der Waals surface area contributed by atoms with Gasteiger partial charge in [-0.1, -0.05) is 23.5 Å². The van der Waals surface area contributed by atoms with Gasteiger partial charge in [0.15, 0.2) is 10.7 Å². The van der Waals surface area contributed by atoms with Crippen molar-refractivity contribution in [3.05, 3.63) is 59.8 Å². The Bertz CT molecular complexity index is 1290. The van der Waals surface area contributed by atoms with Crippen molar-refractivity contribution in [2.45, 2.75) is 18.9 Å². The van der Waals surface area contributed by atoms with E-state index in [-0.39, 0.29) is 17.8 Å². The number of hydrogen-bond acceptors (Lipinski definition) is 6. The van der Waals surface area contributed by atoms with Gasteiger partial charge in [-0.05, 0) is 36.8 Å². The highest BCUT2D eigenvalue weighted by molar-refractivity contribution is 7.23. The van der Waals surface area contributed by atoms with Gasteiger partial charge in [0.1, 0.15) is 0 Å². The molecule has 2 aromatic carbocycles. The number of ether oxygens (including phenoxy) is 2. The molecule has 0 bridgehead atoms. The van der Waals surface area contributed by atoms with Crippen LogP contribution in [0.15, 0.2) is 48.7 Å². The predicted molar refractivity (Wildman–Crippen MR) is 124 cm³/mol. The molecule has 1 fully saturated rings. The highest BCUT2D eigenvalue weighted by atomic mass is 32.1. The number of carbonyl (C=O) groups excluding carboxylic acids is 2. The first kappa shape index (κ1) is 20.8. The Balaban J connectivity index is 1.35. The van der Waals surface area contributed by atoms with Gasteiger partial charge in [-0.2, -0.15) is 0 Å². The van der Waals surface area contributed by atoms with Gasteiger partial charge in [0.05, 0.1) is 41.8 Å². The highest BCUT2D eigenvalue weighted by Crippen LogP contribution is 2.30. The van der Waals surface area contributed by atoms with Crippen LogP contribution in [0, 0.1) is 0 Å².